The maximum absolute atomic E-state index is 11.8. The van der Waals surface area contributed by atoms with Crippen LogP contribution in [0.3, 0.4) is 0 Å². The van der Waals surface area contributed by atoms with Gasteiger partial charge in [0.2, 0.25) is 0 Å². The van der Waals surface area contributed by atoms with Crippen molar-refractivity contribution >= 4 is 17.7 Å². The molecular formula is C12H20N4O2S. The summed E-state index contributed by atoms with van der Waals surface area (Å²) >= 11 is 1.64. The zero-order valence-corrected chi connectivity index (χ0v) is 12.2. The van der Waals surface area contributed by atoms with Crippen LogP contribution in [0, 0.1) is 5.92 Å². The Labute approximate surface area is 117 Å². The second kappa shape index (κ2) is 5.92. The minimum Gasteiger partial charge on any atom is -0.468 e. The van der Waals surface area contributed by atoms with E-state index in [0.29, 0.717) is 0 Å². The highest BCUT2D eigenvalue weighted by Crippen LogP contribution is 2.38. The van der Waals surface area contributed by atoms with E-state index in [1.54, 1.807) is 18.1 Å². The third-order valence-electron chi connectivity index (χ3n) is 3.80. The maximum atomic E-state index is 11.8. The van der Waals surface area contributed by atoms with Crippen molar-refractivity contribution in [1.82, 2.24) is 14.8 Å². The molecule has 1 fully saturated rings. The van der Waals surface area contributed by atoms with Crippen molar-refractivity contribution in [3.63, 3.8) is 0 Å². The van der Waals surface area contributed by atoms with Crippen LogP contribution in [-0.4, -0.2) is 39.1 Å². The van der Waals surface area contributed by atoms with Gasteiger partial charge in [0.05, 0.1) is 7.11 Å². The van der Waals surface area contributed by atoms with Crippen molar-refractivity contribution in [3.8, 4) is 0 Å². The molecule has 0 aromatic carbocycles. The maximum Gasteiger partial charge on any atom is 0.326 e. The lowest BCUT2D eigenvalue weighted by molar-refractivity contribution is -0.148. The first-order valence-corrected chi connectivity index (χ1v) is 7.40. The summed E-state index contributed by atoms with van der Waals surface area (Å²) in [7, 11) is 3.32. The zero-order chi connectivity index (χ0) is 13.9. The normalized spacial score (nSPS) is 26.6. The summed E-state index contributed by atoms with van der Waals surface area (Å²) in [6.45, 7) is 0. The predicted molar refractivity (Wildman–Crippen MR) is 72.6 cm³/mol. The molecule has 106 valence electrons. The number of methoxy groups -OCH3 is 1. The van der Waals surface area contributed by atoms with Gasteiger partial charge in [-0.05, 0) is 25.2 Å². The molecule has 6 nitrogen and oxygen atoms in total. The average Bonchev–Trinajstić information content (AvgIpc) is 2.97. The van der Waals surface area contributed by atoms with Crippen molar-refractivity contribution < 1.29 is 9.53 Å². The van der Waals surface area contributed by atoms with Gasteiger partial charge in [0.15, 0.2) is 5.16 Å². The first-order chi connectivity index (χ1) is 9.08. The number of esters is 1. The fourth-order valence-electron chi connectivity index (χ4n) is 2.66. The molecule has 1 aromatic heterocycles. The largest absolute Gasteiger partial charge is 0.468 e. The molecule has 0 radical (unpaired) electrons. The number of aryl methyl sites for hydroxylation is 1. The van der Waals surface area contributed by atoms with Gasteiger partial charge in [-0.15, -0.1) is 10.2 Å². The number of aromatic nitrogens is 3. The molecule has 0 spiro atoms. The Balaban J connectivity index is 1.88. The number of nitrogens with two attached hydrogens (primary N) is 1. The fourth-order valence-corrected chi connectivity index (χ4v) is 3.60. The summed E-state index contributed by atoms with van der Waals surface area (Å²) in [5, 5.41) is 8.74. The van der Waals surface area contributed by atoms with E-state index in [1.807, 2.05) is 11.6 Å². The Morgan fingerprint density at radius 3 is 3.16 bits per heavy atom. The van der Waals surface area contributed by atoms with Gasteiger partial charge in [-0.3, -0.25) is 4.79 Å². The average molecular weight is 284 g/mol. The van der Waals surface area contributed by atoms with Crippen LogP contribution in [0.1, 0.15) is 25.7 Å². The third-order valence-corrected chi connectivity index (χ3v) is 4.87. The van der Waals surface area contributed by atoms with Gasteiger partial charge < -0.3 is 15.0 Å². The second-order valence-electron chi connectivity index (χ2n) is 4.98. The molecule has 0 aliphatic heterocycles. The Hall–Kier alpha value is -1.08. The van der Waals surface area contributed by atoms with Crippen LogP contribution in [0.5, 0.6) is 0 Å². The first kappa shape index (κ1) is 14.3. The summed E-state index contributed by atoms with van der Waals surface area (Å²) in [5.41, 5.74) is 5.43. The molecule has 19 heavy (non-hydrogen) atoms. The summed E-state index contributed by atoms with van der Waals surface area (Å²) in [5.74, 6) is 0.798. The molecule has 7 heteroatoms. The van der Waals surface area contributed by atoms with Crippen molar-refractivity contribution in [3.05, 3.63) is 6.33 Å². The SMILES string of the molecule is COC(=O)C1(N)CCCC1CCSc1nncn1C. The van der Waals surface area contributed by atoms with Gasteiger partial charge in [0, 0.05) is 12.8 Å². The Kier molecular flexibility index (Phi) is 4.46. The van der Waals surface area contributed by atoms with Crippen LogP contribution < -0.4 is 5.73 Å². The van der Waals surface area contributed by atoms with E-state index in [-0.39, 0.29) is 11.9 Å². The summed E-state index contributed by atoms with van der Waals surface area (Å²) < 4.78 is 6.73. The highest BCUT2D eigenvalue weighted by molar-refractivity contribution is 7.99. The lowest BCUT2D eigenvalue weighted by Crippen LogP contribution is -2.51. The number of thioether (sulfide) groups is 1. The zero-order valence-electron chi connectivity index (χ0n) is 11.3. The first-order valence-electron chi connectivity index (χ1n) is 6.42. The van der Waals surface area contributed by atoms with E-state index < -0.39 is 5.54 Å². The molecule has 1 aromatic rings. The molecule has 2 unspecified atom stereocenters. The Morgan fingerprint density at radius 2 is 2.53 bits per heavy atom. The fraction of sp³-hybridized carbons (Fsp3) is 0.750. The quantitative estimate of drug-likeness (QED) is 0.641. The predicted octanol–water partition coefficient (Wildman–Crippen LogP) is 0.968. The van der Waals surface area contributed by atoms with Gasteiger partial charge in [0.25, 0.3) is 0 Å². The second-order valence-corrected chi connectivity index (χ2v) is 6.04. The lowest BCUT2D eigenvalue weighted by atomic mass is 9.86. The van der Waals surface area contributed by atoms with E-state index in [1.165, 1.54) is 7.11 Å². The van der Waals surface area contributed by atoms with Crippen molar-refractivity contribution in [1.29, 1.82) is 0 Å². The number of hydrogen-bond donors (Lipinski definition) is 1. The number of nitrogens with zero attached hydrogens (tertiary/aromatic N) is 3. The van der Waals surface area contributed by atoms with Crippen LogP contribution in [-0.2, 0) is 16.6 Å². The molecule has 0 bridgehead atoms. The van der Waals surface area contributed by atoms with Gasteiger partial charge in [-0.1, -0.05) is 18.2 Å². The van der Waals surface area contributed by atoms with Crippen LogP contribution in [0.15, 0.2) is 11.5 Å². The van der Waals surface area contributed by atoms with Crippen molar-refractivity contribution in [2.24, 2.45) is 18.7 Å². The number of carbonyl (C=O) groups excluding carboxylic acids is 1. The summed E-state index contributed by atoms with van der Waals surface area (Å²) in [6, 6.07) is 0. The monoisotopic (exact) mass is 284 g/mol. The number of carbonyl (C=O) groups is 1. The summed E-state index contributed by atoms with van der Waals surface area (Å²) in [4.78, 5) is 11.8. The van der Waals surface area contributed by atoms with E-state index in [4.69, 9.17) is 10.5 Å². The minimum absolute atomic E-state index is 0.195. The smallest absolute Gasteiger partial charge is 0.326 e. The minimum atomic E-state index is -0.796. The molecule has 1 aliphatic carbocycles. The Bertz CT molecular complexity index is 451. The van der Waals surface area contributed by atoms with Gasteiger partial charge in [0.1, 0.15) is 11.9 Å². The molecule has 2 rings (SSSR count). The highest BCUT2D eigenvalue weighted by Gasteiger charge is 2.46. The molecule has 0 saturated heterocycles. The number of rotatable bonds is 5. The topological polar surface area (TPSA) is 83.0 Å². The summed E-state index contributed by atoms with van der Waals surface area (Å²) in [6.07, 6.45) is 5.28. The standard InChI is InChI=1S/C12H20N4O2S/c1-16-8-14-15-11(16)19-7-5-9-4-3-6-12(9,13)10(17)18-2/h8-9H,3-7,13H2,1-2H3. The van der Waals surface area contributed by atoms with E-state index in [0.717, 1.165) is 36.6 Å². The van der Waals surface area contributed by atoms with Gasteiger partial charge >= 0.3 is 5.97 Å². The highest BCUT2D eigenvalue weighted by atomic mass is 32.2. The third kappa shape index (κ3) is 2.92. The molecule has 1 aliphatic rings. The van der Waals surface area contributed by atoms with Gasteiger partial charge in [-0.2, -0.15) is 0 Å². The molecule has 2 N–H and O–H groups in total. The lowest BCUT2D eigenvalue weighted by Gasteiger charge is -2.28. The van der Waals surface area contributed by atoms with Crippen molar-refractivity contribution in [2.45, 2.75) is 36.4 Å². The van der Waals surface area contributed by atoms with Crippen LogP contribution in [0.25, 0.3) is 0 Å². The Morgan fingerprint density at radius 1 is 1.74 bits per heavy atom. The van der Waals surface area contributed by atoms with Crippen LogP contribution in [0.2, 0.25) is 0 Å². The van der Waals surface area contributed by atoms with Gasteiger partial charge in [-0.25, -0.2) is 0 Å². The molecular weight excluding hydrogens is 264 g/mol. The van der Waals surface area contributed by atoms with Crippen LogP contribution in [0.4, 0.5) is 0 Å². The number of hydrogen-bond acceptors (Lipinski definition) is 6. The van der Waals surface area contributed by atoms with E-state index in [9.17, 15) is 4.79 Å². The molecule has 0 amide bonds. The molecule has 1 saturated carbocycles. The van der Waals surface area contributed by atoms with E-state index in [2.05, 4.69) is 10.2 Å². The van der Waals surface area contributed by atoms with Crippen LogP contribution >= 0.6 is 11.8 Å². The van der Waals surface area contributed by atoms with Crippen molar-refractivity contribution in [2.75, 3.05) is 12.9 Å². The van der Waals surface area contributed by atoms with E-state index >= 15 is 0 Å². The number of ether oxygens (including phenoxy) is 1. The molecule has 2 atom stereocenters. The molecule has 1 heterocycles.